The Labute approximate surface area is 149 Å². The minimum atomic E-state index is 0.722. The monoisotopic (exact) mass is 406 g/mol. The van der Waals surface area contributed by atoms with Crippen molar-refractivity contribution in [3.63, 3.8) is 0 Å². The van der Waals surface area contributed by atoms with Gasteiger partial charge < -0.3 is 4.74 Å². The number of methoxy groups -OCH3 is 1. The van der Waals surface area contributed by atoms with E-state index in [9.17, 15) is 0 Å². The van der Waals surface area contributed by atoms with Crippen LogP contribution in [0.4, 0.5) is 0 Å². The molecule has 8 heteroatoms. The zero-order chi connectivity index (χ0) is 15.8. The lowest BCUT2D eigenvalue weighted by molar-refractivity contribution is 0.415. The van der Waals surface area contributed by atoms with E-state index < -0.39 is 0 Å². The minimum absolute atomic E-state index is 0.722. The average molecular weight is 407 g/mol. The summed E-state index contributed by atoms with van der Waals surface area (Å²) in [6, 6.07) is 11.9. The summed E-state index contributed by atoms with van der Waals surface area (Å²) in [5.41, 5.74) is 1.96. The first-order valence-corrected chi connectivity index (χ1v) is 9.40. The van der Waals surface area contributed by atoms with Gasteiger partial charge in [0, 0.05) is 11.3 Å². The molecule has 5 nitrogen and oxygen atoms in total. The molecule has 4 rings (SSSR count). The van der Waals surface area contributed by atoms with Crippen LogP contribution >= 0.6 is 39.0 Å². The lowest BCUT2D eigenvalue weighted by atomic mass is 10.2. The van der Waals surface area contributed by atoms with Gasteiger partial charge in [-0.15, -0.1) is 21.5 Å². The Balaban J connectivity index is 1.79. The summed E-state index contributed by atoms with van der Waals surface area (Å²) in [4.78, 5) is 1.15. The Morgan fingerprint density at radius 1 is 1.22 bits per heavy atom. The molecule has 3 aromatic rings. The van der Waals surface area contributed by atoms with E-state index >= 15 is 0 Å². The molecular weight excluding hydrogens is 396 g/mol. The molecule has 0 unspecified atom stereocenters. The molecule has 0 amide bonds. The minimum Gasteiger partial charge on any atom is -0.497 e. The van der Waals surface area contributed by atoms with Crippen molar-refractivity contribution < 1.29 is 4.74 Å². The first-order valence-electron chi connectivity index (χ1n) is 6.81. The van der Waals surface area contributed by atoms with Crippen LogP contribution in [0.5, 0.6) is 5.75 Å². The van der Waals surface area contributed by atoms with E-state index in [4.69, 9.17) is 9.84 Å². The molecule has 0 atom stereocenters. The Hall–Kier alpha value is -1.64. The van der Waals surface area contributed by atoms with Crippen LogP contribution in [-0.2, 0) is 0 Å². The van der Waals surface area contributed by atoms with Crippen LogP contribution in [0.2, 0.25) is 0 Å². The molecule has 0 spiro atoms. The van der Waals surface area contributed by atoms with E-state index in [0.717, 1.165) is 42.4 Å². The van der Waals surface area contributed by atoms with Crippen molar-refractivity contribution >= 4 is 44.7 Å². The predicted octanol–water partition coefficient (Wildman–Crippen LogP) is 4.14. The molecule has 1 aromatic carbocycles. The number of nitrogens with zero attached hydrogens (tertiary/aromatic N) is 4. The van der Waals surface area contributed by atoms with Gasteiger partial charge in [-0.1, -0.05) is 23.9 Å². The highest BCUT2D eigenvalue weighted by Gasteiger charge is 2.21. The van der Waals surface area contributed by atoms with Crippen LogP contribution in [0.25, 0.3) is 11.4 Å². The van der Waals surface area contributed by atoms with Crippen LogP contribution in [0.3, 0.4) is 0 Å². The highest BCUT2D eigenvalue weighted by molar-refractivity contribution is 9.11. The Morgan fingerprint density at radius 3 is 2.91 bits per heavy atom. The van der Waals surface area contributed by atoms with Crippen molar-refractivity contribution in [1.29, 1.82) is 0 Å². The van der Waals surface area contributed by atoms with Gasteiger partial charge in [0.1, 0.15) is 5.75 Å². The maximum Gasteiger partial charge on any atom is 0.212 e. The molecular formula is C15H11BrN4OS2. The van der Waals surface area contributed by atoms with Gasteiger partial charge in [0.2, 0.25) is 5.16 Å². The van der Waals surface area contributed by atoms with Crippen LogP contribution < -0.4 is 4.74 Å². The van der Waals surface area contributed by atoms with E-state index in [1.807, 2.05) is 35.0 Å². The SMILES string of the molecule is COc1cccc(-c2nnc3n2N=C(c2ccc(Br)s2)CS3)c1. The van der Waals surface area contributed by atoms with Gasteiger partial charge in [-0.3, -0.25) is 0 Å². The predicted molar refractivity (Wildman–Crippen MR) is 96.7 cm³/mol. The van der Waals surface area contributed by atoms with Gasteiger partial charge in [-0.2, -0.15) is 9.78 Å². The highest BCUT2D eigenvalue weighted by Crippen LogP contribution is 2.31. The quantitative estimate of drug-likeness (QED) is 0.655. The lowest BCUT2D eigenvalue weighted by Gasteiger charge is -2.12. The number of rotatable bonds is 3. The summed E-state index contributed by atoms with van der Waals surface area (Å²) in [6.07, 6.45) is 0. The summed E-state index contributed by atoms with van der Waals surface area (Å²) >= 11 is 6.82. The number of thioether (sulfide) groups is 1. The van der Waals surface area contributed by atoms with E-state index in [-0.39, 0.29) is 0 Å². The number of hydrogen-bond donors (Lipinski definition) is 0. The number of benzene rings is 1. The van der Waals surface area contributed by atoms with E-state index in [1.54, 1.807) is 30.2 Å². The van der Waals surface area contributed by atoms with Crippen LogP contribution in [0, 0.1) is 0 Å². The summed E-state index contributed by atoms with van der Waals surface area (Å²) < 4.78 is 8.20. The molecule has 0 N–H and O–H groups in total. The van der Waals surface area contributed by atoms with Crippen molar-refractivity contribution in [3.8, 4) is 17.1 Å². The van der Waals surface area contributed by atoms with Crippen molar-refractivity contribution in [2.45, 2.75) is 5.16 Å². The number of ether oxygens (including phenoxy) is 1. The second kappa shape index (κ2) is 6.10. The molecule has 0 bridgehead atoms. The molecule has 0 radical (unpaired) electrons. The van der Waals surface area contributed by atoms with Crippen molar-refractivity contribution in [2.24, 2.45) is 5.10 Å². The molecule has 3 heterocycles. The normalized spacial score (nSPS) is 13.6. The van der Waals surface area contributed by atoms with Crippen LogP contribution in [0.15, 0.2) is 50.4 Å². The zero-order valence-corrected chi connectivity index (χ0v) is 15.3. The fourth-order valence-corrected chi connectivity index (χ4v) is 4.55. The third-order valence-electron chi connectivity index (χ3n) is 3.36. The van der Waals surface area contributed by atoms with Crippen LogP contribution in [-0.4, -0.2) is 33.4 Å². The van der Waals surface area contributed by atoms with Gasteiger partial charge in [0.15, 0.2) is 5.82 Å². The highest BCUT2D eigenvalue weighted by atomic mass is 79.9. The second-order valence-electron chi connectivity index (χ2n) is 4.79. The van der Waals surface area contributed by atoms with Crippen molar-refractivity contribution in [1.82, 2.24) is 14.9 Å². The maximum atomic E-state index is 5.29. The molecule has 116 valence electrons. The van der Waals surface area contributed by atoms with Gasteiger partial charge >= 0.3 is 0 Å². The first kappa shape index (κ1) is 14.9. The standard InChI is InChI=1S/C15H11BrN4OS2/c1-21-10-4-2-3-9(7-10)14-17-18-15-20(14)19-11(8-22-15)12-5-6-13(16)23-12/h2-7H,8H2,1H3. The Bertz CT molecular complexity index is 903. The molecule has 0 aliphatic carbocycles. The van der Waals surface area contributed by atoms with Crippen LogP contribution in [0.1, 0.15) is 4.88 Å². The third kappa shape index (κ3) is 2.82. The number of thiophene rings is 1. The van der Waals surface area contributed by atoms with Gasteiger partial charge in [-0.05, 0) is 40.2 Å². The molecule has 1 aliphatic heterocycles. The summed E-state index contributed by atoms with van der Waals surface area (Å²) in [7, 11) is 1.65. The largest absolute Gasteiger partial charge is 0.497 e. The lowest BCUT2D eigenvalue weighted by Crippen LogP contribution is -2.12. The second-order valence-corrected chi connectivity index (χ2v) is 8.19. The molecule has 23 heavy (non-hydrogen) atoms. The summed E-state index contributed by atoms with van der Waals surface area (Å²) in [6.45, 7) is 0. The topological polar surface area (TPSA) is 52.3 Å². The Kier molecular flexibility index (Phi) is 3.96. The zero-order valence-electron chi connectivity index (χ0n) is 12.1. The fraction of sp³-hybridized carbons (Fsp3) is 0.133. The fourth-order valence-electron chi connectivity index (χ4n) is 2.26. The molecule has 0 fully saturated rings. The molecule has 2 aromatic heterocycles. The van der Waals surface area contributed by atoms with Crippen molar-refractivity contribution in [3.05, 3.63) is 45.1 Å². The first-order chi connectivity index (χ1) is 11.2. The molecule has 0 saturated carbocycles. The van der Waals surface area contributed by atoms with Gasteiger partial charge in [0.05, 0.1) is 21.5 Å². The van der Waals surface area contributed by atoms with E-state index in [2.05, 4.69) is 32.2 Å². The maximum absolute atomic E-state index is 5.29. The molecule has 0 saturated heterocycles. The van der Waals surface area contributed by atoms with Crippen molar-refractivity contribution in [2.75, 3.05) is 12.9 Å². The van der Waals surface area contributed by atoms with Gasteiger partial charge in [0.25, 0.3) is 0 Å². The smallest absolute Gasteiger partial charge is 0.212 e. The molecule has 1 aliphatic rings. The summed E-state index contributed by atoms with van der Waals surface area (Å²) in [5.74, 6) is 2.30. The van der Waals surface area contributed by atoms with E-state index in [1.165, 1.54) is 0 Å². The Morgan fingerprint density at radius 2 is 2.13 bits per heavy atom. The number of fused-ring (bicyclic) bond motifs is 1. The number of halogens is 1. The summed E-state index contributed by atoms with van der Waals surface area (Å²) in [5, 5.41) is 14.1. The van der Waals surface area contributed by atoms with E-state index in [0.29, 0.717) is 0 Å². The third-order valence-corrected chi connectivity index (χ3v) is 5.96. The number of aromatic nitrogens is 3. The average Bonchev–Trinajstić information content (AvgIpc) is 3.20. The number of hydrogen-bond acceptors (Lipinski definition) is 6. The van der Waals surface area contributed by atoms with Gasteiger partial charge in [-0.25, -0.2) is 0 Å².